The zero-order chi connectivity index (χ0) is 14.4. The van der Waals surface area contributed by atoms with Gasteiger partial charge >= 0.3 is 5.97 Å². The van der Waals surface area contributed by atoms with Crippen molar-refractivity contribution in [2.75, 3.05) is 0 Å². The molecule has 0 spiro atoms. The fourth-order valence-corrected chi connectivity index (χ4v) is 4.83. The molecule has 21 heavy (non-hydrogen) atoms. The van der Waals surface area contributed by atoms with E-state index in [2.05, 4.69) is 10.1 Å². The number of aliphatic carboxylic acids is 1. The summed E-state index contributed by atoms with van der Waals surface area (Å²) in [7, 11) is 0. The highest BCUT2D eigenvalue weighted by Gasteiger charge is 2.43. The van der Waals surface area contributed by atoms with E-state index in [1.165, 1.54) is 25.7 Å². The first-order chi connectivity index (χ1) is 10.2. The number of carboxylic acid groups (broad SMARTS) is 1. The van der Waals surface area contributed by atoms with E-state index in [0.717, 1.165) is 43.3 Å². The van der Waals surface area contributed by atoms with Crippen LogP contribution in [0.2, 0.25) is 0 Å². The third-order valence-electron chi connectivity index (χ3n) is 5.93. The maximum Gasteiger partial charge on any atom is 0.307 e. The summed E-state index contributed by atoms with van der Waals surface area (Å²) in [6.45, 7) is 0. The topological polar surface area (TPSA) is 76.2 Å². The zero-order valence-electron chi connectivity index (χ0n) is 12.2. The predicted molar refractivity (Wildman–Crippen MR) is 74.8 cm³/mol. The van der Waals surface area contributed by atoms with Gasteiger partial charge in [-0.1, -0.05) is 24.4 Å². The first-order valence-corrected chi connectivity index (χ1v) is 8.28. The van der Waals surface area contributed by atoms with E-state index < -0.39 is 5.97 Å². The molecule has 2 bridgehead atoms. The van der Waals surface area contributed by atoms with Gasteiger partial charge in [-0.2, -0.15) is 4.98 Å². The molecule has 0 radical (unpaired) electrons. The molecule has 4 rings (SSSR count). The van der Waals surface area contributed by atoms with Gasteiger partial charge < -0.3 is 9.63 Å². The van der Waals surface area contributed by atoms with Gasteiger partial charge in [-0.3, -0.25) is 4.79 Å². The molecule has 0 aromatic carbocycles. The normalized spacial score (nSPS) is 38.8. The van der Waals surface area contributed by atoms with Crippen LogP contribution in [0.15, 0.2) is 4.52 Å². The summed E-state index contributed by atoms with van der Waals surface area (Å²) < 4.78 is 5.48. The van der Waals surface area contributed by atoms with Gasteiger partial charge in [-0.15, -0.1) is 0 Å². The van der Waals surface area contributed by atoms with Gasteiger partial charge in [0, 0.05) is 5.92 Å². The number of nitrogens with zero attached hydrogens (tertiary/aromatic N) is 2. The quantitative estimate of drug-likeness (QED) is 0.924. The second-order valence-electron chi connectivity index (χ2n) is 7.11. The Labute approximate surface area is 124 Å². The number of fused-ring (bicyclic) bond motifs is 2. The molecule has 0 saturated heterocycles. The molecular formula is C16H22N2O3. The maximum atomic E-state index is 11.4. The van der Waals surface area contributed by atoms with Crippen LogP contribution in [0.25, 0.3) is 0 Å². The van der Waals surface area contributed by atoms with E-state index in [9.17, 15) is 9.90 Å². The Morgan fingerprint density at radius 2 is 1.95 bits per heavy atom. The standard InChI is InChI=1S/C16H22N2O3/c19-16(20)12-4-2-1-3-11(12)15-17-14(18-21-15)13-8-9-5-6-10(13)7-9/h9-13H,1-8H2,(H,19,20). The molecule has 3 aliphatic carbocycles. The summed E-state index contributed by atoms with van der Waals surface area (Å²) in [6, 6.07) is 0. The minimum Gasteiger partial charge on any atom is -0.481 e. The van der Waals surface area contributed by atoms with Crippen LogP contribution >= 0.6 is 0 Å². The first kappa shape index (κ1) is 13.3. The Bertz CT molecular complexity index is 541. The van der Waals surface area contributed by atoms with Crippen molar-refractivity contribution in [3.05, 3.63) is 11.7 Å². The SMILES string of the molecule is O=C(O)C1CCCCC1c1nc(C2CC3CCC2C3)no1. The minimum absolute atomic E-state index is 0.0870. The molecule has 1 N–H and O–H groups in total. The average molecular weight is 290 g/mol. The van der Waals surface area contributed by atoms with Crippen molar-refractivity contribution in [2.45, 2.75) is 63.2 Å². The van der Waals surface area contributed by atoms with Crippen molar-refractivity contribution in [1.29, 1.82) is 0 Å². The zero-order valence-corrected chi connectivity index (χ0v) is 12.2. The van der Waals surface area contributed by atoms with Gasteiger partial charge in [0.25, 0.3) is 0 Å². The van der Waals surface area contributed by atoms with Crippen molar-refractivity contribution in [1.82, 2.24) is 10.1 Å². The Morgan fingerprint density at radius 3 is 2.67 bits per heavy atom. The minimum atomic E-state index is -0.723. The maximum absolute atomic E-state index is 11.4. The lowest BCUT2D eigenvalue weighted by Crippen LogP contribution is -2.25. The second-order valence-corrected chi connectivity index (χ2v) is 7.11. The lowest BCUT2D eigenvalue weighted by atomic mass is 9.79. The van der Waals surface area contributed by atoms with Gasteiger partial charge in [-0.25, -0.2) is 0 Å². The molecule has 5 unspecified atom stereocenters. The van der Waals surface area contributed by atoms with Crippen molar-refractivity contribution in [3.63, 3.8) is 0 Å². The molecule has 114 valence electrons. The van der Waals surface area contributed by atoms with Gasteiger partial charge in [0.15, 0.2) is 5.82 Å². The monoisotopic (exact) mass is 290 g/mol. The number of hydrogen-bond acceptors (Lipinski definition) is 4. The number of rotatable bonds is 3. The molecule has 0 aliphatic heterocycles. The van der Waals surface area contributed by atoms with E-state index in [1.807, 2.05) is 0 Å². The summed E-state index contributed by atoms with van der Waals surface area (Å²) >= 11 is 0. The lowest BCUT2D eigenvalue weighted by molar-refractivity contribution is -0.143. The number of aromatic nitrogens is 2. The first-order valence-electron chi connectivity index (χ1n) is 8.28. The lowest BCUT2D eigenvalue weighted by Gasteiger charge is -2.25. The summed E-state index contributed by atoms with van der Waals surface area (Å²) in [5, 5.41) is 13.6. The molecule has 1 aromatic rings. The molecule has 3 saturated carbocycles. The molecule has 1 aromatic heterocycles. The van der Waals surface area contributed by atoms with E-state index in [-0.39, 0.29) is 11.8 Å². The van der Waals surface area contributed by atoms with Crippen LogP contribution in [0.4, 0.5) is 0 Å². The summed E-state index contributed by atoms with van der Waals surface area (Å²) in [6.07, 6.45) is 8.78. The summed E-state index contributed by atoms with van der Waals surface area (Å²) in [5.74, 6) is 2.27. The van der Waals surface area contributed by atoms with Crippen molar-refractivity contribution >= 4 is 5.97 Å². The van der Waals surface area contributed by atoms with E-state index in [4.69, 9.17) is 4.52 Å². The van der Waals surface area contributed by atoms with Crippen molar-refractivity contribution in [3.8, 4) is 0 Å². The molecular weight excluding hydrogens is 268 g/mol. The molecule has 5 heteroatoms. The highest BCUT2D eigenvalue weighted by Crippen LogP contribution is 2.52. The van der Waals surface area contributed by atoms with Gasteiger partial charge in [-0.05, 0) is 43.9 Å². The number of carboxylic acids is 1. The third kappa shape index (κ3) is 2.27. The van der Waals surface area contributed by atoms with Crippen LogP contribution in [0.5, 0.6) is 0 Å². The van der Waals surface area contributed by atoms with Crippen LogP contribution < -0.4 is 0 Å². The summed E-state index contributed by atoms with van der Waals surface area (Å²) in [5.41, 5.74) is 0. The van der Waals surface area contributed by atoms with Gasteiger partial charge in [0.05, 0.1) is 11.8 Å². The molecule has 3 fully saturated rings. The number of hydrogen-bond donors (Lipinski definition) is 1. The average Bonchev–Trinajstić information content (AvgIpc) is 3.23. The van der Waals surface area contributed by atoms with E-state index >= 15 is 0 Å². The number of carbonyl (C=O) groups is 1. The van der Waals surface area contributed by atoms with Crippen LogP contribution in [0.1, 0.15) is 74.9 Å². The summed E-state index contributed by atoms with van der Waals surface area (Å²) in [4.78, 5) is 16.0. The van der Waals surface area contributed by atoms with Gasteiger partial charge in [0.2, 0.25) is 5.89 Å². The molecule has 5 nitrogen and oxygen atoms in total. The highest BCUT2D eigenvalue weighted by molar-refractivity contribution is 5.71. The van der Waals surface area contributed by atoms with Crippen LogP contribution in [0, 0.1) is 17.8 Å². The Kier molecular flexibility index (Phi) is 3.23. The Morgan fingerprint density at radius 1 is 1.10 bits per heavy atom. The second kappa shape index (κ2) is 5.11. The predicted octanol–water partition coefficient (Wildman–Crippen LogP) is 3.33. The molecule has 5 atom stereocenters. The van der Waals surface area contributed by atoms with Gasteiger partial charge in [0.1, 0.15) is 0 Å². The fraction of sp³-hybridized carbons (Fsp3) is 0.812. The smallest absolute Gasteiger partial charge is 0.307 e. The highest BCUT2D eigenvalue weighted by atomic mass is 16.5. The largest absolute Gasteiger partial charge is 0.481 e. The van der Waals surface area contributed by atoms with Crippen LogP contribution in [0.3, 0.4) is 0 Å². The third-order valence-corrected chi connectivity index (χ3v) is 5.93. The van der Waals surface area contributed by atoms with Crippen molar-refractivity contribution in [2.24, 2.45) is 17.8 Å². The molecule has 0 amide bonds. The Balaban J connectivity index is 1.54. The van der Waals surface area contributed by atoms with E-state index in [1.54, 1.807) is 0 Å². The van der Waals surface area contributed by atoms with E-state index in [0.29, 0.717) is 11.8 Å². The fourth-order valence-electron chi connectivity index (χ4n) is 4.83. The van der Waals surface area contributed by atoms with Crippen LogP contribution in [-0.4, -0.2) is 21.2 Å². The van der Waals surface area contributed by atoms with Crippen molar-refractivity contribution < 1.29 is 14.4 Å². The van der Waals surface area contributed by atoms with Crippen LogP contribution in [-0.2, 0) is 4.79 Å². The molecule has 3 aliphatic rings. The Hall–Kier alpha value is -1.39. The molecule has 1 heterocycles.